The summed E-state index contributed by atoms with van der Waals surface area (Å²) in [6.45, 7) is 0. The molecule has 1 N–H and O–H groups in total. The number of hydrogen-bond acceptors (Lipinski definition) is 2. The second kappa shape index (κ2) is 5.03. The number of carbonyl (C=O) groups is 1. The highest BCUT2D eigenvalue weighted by Crippen LogP contribution is 2.17. The number of rotatable bonds is 3. The summed E-state index contributed by atoms with van der Waals surface area (Å²) < 4.78 is 0. The first-order valence-electron chi connectivity index (χ1n) is 5.08. The minimum absolute atomic E-state index is 0.462. The Bertz CT molecular complexity index is 485. The molecule has 0 spiro atoms. The predicted molar refractivity (Wildman–Crippen MR) is 64.0 cm³/mol. The Kier molecular flexibility index (Phi) is 3.25. The average Bonchev–Trinajstić information content (AvgIpc) is 2.38. The largest absolute Gasteiger partial charge is 0.463 e. The van der Waals surface area contributed by atoms with E-state index < -0.39 is 6.09 Å². The van der Waals surface area contributed by atoms with Crippen molar-refractivity contribution in [1.82, 2.24) is 0 Å². The molecule has 0 radical (unpaired) electrons. The van der Waals surface area contributed by atoms with Crippen molar-refractivity contribution in [2.45, 2.75) is 0 Å². The van der Waals surface area contributed by atoms with Crippen LogP contribution < -0.4 is 9.90 Å². The average molecular weight is 229 g/mol. The van der Waals surface area contributed by atoms with E-state index in [4.69, 9.17) is 9.94 Å². The van der Waals surface area contributed by atoms with E-state index in [1.54, 1.807) is 48.5 Å². The van der Waals surface area contributed by atoms with Crippen LogP contribution in [0.5, 0.6) is 5.75 Å². The van der Waals surface area contributed by atoms with Gasteiger partial charge in [-0.05, 0) is 24.3 Å². The molecule has 2 rings (SSSR count). The molecule has 86 valence electrons. The maximum absolute atomic E-state index is 11.1. The Morgan fingerprint density at radius 2 is 1.47 bits per heavy atom. The van der Waals surface area contributed by atoms with Crippen molar-refractivity contribution >= 4 is 11.8 Å². The van der Waals surface area contributed by atoms with Gasteiger partial charge in [-0.1, -0.05) is 36.4 Å². The number of benzene rings is 2. The predicted octanol–water partition coefficient (Wildman–Crippen LogP) is 3.17. The second-order valence-corrected chi connectivity index (χ2v) is 3.32. The van der Waals surface area contributed by atoms with Crippen LogP contribution in [-0.2, 0) is 0 Å². The monoisotopic (exact) mass is 229 g/mol. The molecular formula is C13H11NO3. The molecule has 0 aromatic heterocycles. The molecule has 0 saturated heterocycles. The van der Waals surface area contributed by atoms with Crippen molar-refractivity contribution in [3.63, 3.8) is 0 Å². The van der Waals surface area contributed by atoms with E-state index >= 15 is 0 Å². The van der Waals surface area contributed by atoms with Crippen LogP contribution in [0.25, 0.3) is 0 Å². The molecule has 4 heteroatoms. The van der Waals surface area contributed by atoms with Gasteiger partial charge in [0, 0.05) is 0 Å². The van der Waals surface area contributed by atoms with E-state index in [1.165, 1.54) is 0 Å². The van der Waals surface area contributed by atoms with Crippen LogP contribution in [0.15, 0.2) is 60.7 Å². The maximum atomic E-state index is 11.1. The van der Waals surface area contributed by atoms with Gasteiger partial charge >= 0.3 is 6.09 Å². The summed E-state index contributed by atoms with van der Waals surface area (Å²) in [5.41, 5.74) is 0.462. The molecule has 0 saturated carbocycles. The first kappa shape index (κ1) is 11.0. The van der Waals surface area contributed by atoms with Crippen LogP contribution in [0.2, 0.25) is 0 Å². The van der Waals surface area contributed by atoms with Gasteiger partial charge in [-0.2, -0.15) is 0 Å². The first-order chi connectivity index (χ1) is 8.27. The van der Waals surface area contributed by atoms with E-state index in [1.807, 2.05) is 12.1 Å². The Labute approximate surface area is 98.6 Å². The molecule has 0 aliphatic rings. The van der Waals surface area contributed by atoms with Crippen LogP contribution in [0.4, 0.5) is 10.5 Å². The fraction of sp³-hybridized carbons (Fsp3) is 0. The third-order valence-electron chi connectivity index (χ3n) is 2.10. The minimum atomic E-state index is -1.17. The lowest BCUT2D eigenvalue weighted by atomic mass is 10.3. The van der Waals surface area contributed by atoms with Gasteiger partial charge in [-0.25, -0.2) is 4.79 Å². The van der Waals surface area contributed by atoms with E-state index in [0.29, 0.717) is 11.4 Å². The molecule has 0 aliphatic heterocycles. The molecule has 1 amide bonds. The smallest absolute Gasteiger partial charge is 0.445 e. The van der Waals surface area contributed by atoms with Crippen LogP contribution in [-0.4, -0.2) is 11.2 Å². The number of amides is 1. The molecule has 0 heterocycles. The Balaban J connectivity index is 2.23. The molecule has 2 aromatic carbocycles. The third-order valence-corrected chi connectivity index (χ3v) is 2.10. The van der Waals surface area contributed by atoms with E-state index in [2.05, 4.69) is 0 Å². The lowest BCUT2D eigenvalue weighted by molar-refractivity contribution is 0.168. The second-order valence-electron chi connectivity index (χ2n) is 3.32. The fourth-order valence-corrected chi connectivity index (χ4v) is 1.35. The van der Waals surface area contributed by atoms with Crippen molar-refractivity contribution in [3.8, 4) is 5.75 Å². The summed E-state index contributed by atoms with van der Waals surface area (Å²) >= 11 is 0. The molecule has 0 fully saturated rings. The third kappa shape index (κ3) is 2.75. The zero-order valence-corrected chi connectivity index (χ0v) is 8.98. The number of hydrogen-bond donors (Lipinski definition) is 1. The molecule has 17 heavy (non-hydrogen) atoms. The van der Waals surface area contributed by atoms with Gasteiger partial charge < -0.3 is 9.94 Å². The summed E-state index contributed by atoms with van der Waals surface area (Å²) in [6.07, 6.45) is -1.17. The molecule has 0 bridgehead atoms. The lowest BCUT2D eigenvalue weighted by Crippen LogP contribution is -2.32. The molecule has 0 atom stereocenters. The molecule has 4 nitrogen and oxygen atoms in total. The van der Waals surface area contributed by atoms with Gasteiger partial charge in [0.2, 0.25) is 0 Å². The number of para-hydroxylation sites is 2. The van der Waals surface area contributed by atoms with Gasteiger partial charge in [-0.15, -0.1) is 5.06 Å². The minimum Gasteiger partial charge on any atom is -0.463 e. The highest BCUT2D eigenvalue weighted by Gasteiger charge is 2.16. The first-order valence-corrected chi connectivity index (χ1v) is 5.08. The van der Waals surface area contributed by atoms with Crippen molar-refractivity contribution < 1.29 is 14.7 Å². The summed E-state index contributed by atoms with van der Waals surface area (Å²) in [5, 5.41) is 9.92. The lowest BCUT2D eigenvalue weighted by Gasteiger charge is -2.18. The zero-order valence-electron chi connectivity index (χ0n) is 8.98. The number of carboxylic acid groups (broad SMARTS) is 1. The fourth-order valence-electron chi connectivity index (χ4n) is 1.35. The normalized spacial score (nSPS) is 9.65. The highest BCUT2D eigenvalue weighted by atomic mass is 16.7. The summed E-state index contributed by atoms with van der Waals surface area (Å²) in [6, 6.07) is 17.4. The summed E-state index contributed by atoms with van der Waals surface area (Å²) in [4.78, 5) is 16.4. The van der Waals surface area contributed by atoms with E-state index in [0.717, 1.165) is 5.06 Å². The standard InChI is InChI=1S/C13H11NO3/c15-13(16)14(11-7-3-1-4-8-11)17-12-9-5-2-6-10-12/h1-10H,(H,15,16). The Morgan fingerprint density at radius 3 is 2.00 bits per heavy atom. The van der Waals surface area contributed by atoms with Gasteiger partial charge in [-0.3, -0.25) is 0 Å². The molecule has 0 aliphatic carbocycles. The SMILES string of the molecule is O=C(O)N(Oc1ccccc1)c1ccccc1. The number of anilines is 1. The van der Waals surface area contributed by atoms with Crippen LogP contribution in [0.1, 0.15) is 0 Å². The number of nitrogens with zero attached hydrogens (tertiary/aromatic N) is 1. The van der Waals surface area contributed by atoms with Crippen LogP contribution in [0.3, 0.4) is 0 Å². The quantitative estimate of drug-likeness (QED) is 0.822. The summed E-state index contributed by atoms with van der Waals surface area (Å²) in [7, 11) is 0. The van der Waals surface area contributed by atoms with E-state index in [9.17, 15) is 4.79 Å². The van der Waals surface area contributed by atoms with Gasteiger partial charge in [0.1, 0.15) is 0 Å². The van der Waals surface area contributed by atoms with Crippen molar-refractivity contribution in [2.24, 2.45) is 0 Å². The van der Waals surface area contributed by atoms with Crippen LogP contribution >= 0.6 is 0 Å². The zero-order chi connectivity index (χ0) is 12.1. The van der Waals surface area contributed by atoms with Gasteiger partial charge in [0.05, 0.1) is 5.69 Å². The molecular weight excluding hydrogens is 218 g/mol. The summed E-state index contributed by atoms with van der Waals surface area (Å²) in [5.74, 6) is 0.471. The van der Waals surface area contributed by atoms with Crippen LogP contribution in [0, 0.1) is 0 Å². The van der Waals surface area contributed by atoms with Gasteiger partial charge in [0.25, 0.3) is 0 Å². The molecule has 0 unspecified atom stereocenters. The Hall–Kier alpha value is -2.49. The molecule has 2 aromatic rings. The topological polar surface area (TPSA) is 49.8 Å². The van der Waals surface area contributed by atoms with Crippen molar-refractivity contribution in [3.05, 3.63) is 60.7 Å². The number of hydroxylamine groups is 1. The van der Waals surface area contributed by atoms with Crippen molar-refractivity contribution in [2.75, 3.05) is 5.06 Å². The van der Waals surface area contributed by atoms with E-state index in [-0.39, 0.29) is 0 Å². The van der Waals surface area contributed by atoms with Gasteiger partial charge in [0.15, 0.2) is 5.75 Å². The Morgan fingerprint density at radius 1 is 0.941 bits per heavy atom. The highest BCUT2D eigenvalue weighted by molar-refractivity contribution is 5.83. The maximum Gasteiger partial charge on any atom is 0.445 e. The van der Waals surface area contributed by atoms with Crippen molar-refractivity contribution in [1.29, 1.82) is 0 Å².